The second-order valence-corrected chi connectivity index (χ2v) is 4.10. The number of methoxy groups -OCH3 is 2. The van der Waals surface area contributed by atoms with Crippen molar-refractivity contribution in [1.82, 2.24) is 0 Å². The topological polar surface area (TPSA) is 48.1 Å². The van der Waals surface area contributed by atoms with E-state index in [9.17, 15) is 4.79 Å². The van der Waals surface area contributed by atoms with Gasteiger partial charge >= 0.3 is 5.97 Å². The van der Waals surface area contributed by atoms with Gasteiger partial charge in [0.2, 0.25) is 0 Å². The summed E-state index contributed by atoms with van der Waals surface area (Å²) in [5.41, 5.74) is -1.08. The number of ether oxygens (including phenoxy) is 3. The predicted molar refractivity (Wildman–Crippen MR) is 55.6 cm³/mol. The lowest BCUT2D eigenvalue weighted by atomic mass is 9.88. The standard InChI is InChI=1S/C11H20O4/c1-5-11(9(12)14-4)10(2,15-11)7-6-8-13-3/h5-8H2,1-4H3. The number of carbonyl (C=O) groups is 1. The Balaban J connectivity index is 2.55. The third-order valence-electron chi connectivity index (χ3n) is 3.23. The van der Waals surface area contributed by atoms with Crippen LogP contribution in [0.3, 0.4) is 0 Å². The van der Waals surface area contributed by atoms with Gasteiger partial charge in [-0.25, -0.2) is 4.79 Å². The van der Waals surface area contributed by atoms with E-state index in [0.717, 1.165) is 12.8 Å². The highest BCUT2D eigenvalue weighted by molar-refractivity contribution is 5.84. The average Bonchev–Trinajstić information content (AvgIpc) is 2.85. The molecule has 4 heteroatoms. The van der Waals surface area contributed by atoms with Gasteiger partial charge in [0.15, 0.2) is 5.60 Å². The van der Waals surface area contributed by atoms with Crippen LogP contribution in [-0.2, 0) is 19.0 Å². The van der Waals surface area contributed by atoms with E-state index in [-0.39, 0.29) is 11.6 Å². The second-order valence-electron chi connectivity index (χ2n) is 4.10. The summed E-state index contributed by atoms with van der Waals surface area (Å²) in [5, 5.41) is 0. The molecule has 0 radical (unpaired) electrons. The number of carbonyl (C=O) groups excluding carboxylic acids is 1. The van der Waals surface area contributed by atoms with Crippen LogP contribution in [0.15, 0.2) is 0 Å². The van der Waals surface area contributed by atoms with Crippen molar-refractivity contribution in [3.63, 3.8) is 0 Å². The van der Waals surface area contributed by atoms with Gasteiger partial charge in [-0.1, -0.05) is 6.92 Å². The maximum absolute atomic E-state index is 11.6. The van der Waals surface area contributed by atoms with Crippen LogP contribution in [-0.4, -0.2) is 38.0 Å². The van der Waals surface area contributed by atoms with Crippen molar-refractivity contribution in [2.24, 2.45) is 0 Å². The van der Waals surface area contributed by atoms with Crippen LogP contribution in [0.25, 0.3) is 0 Å². The molecule has 0 aliphatic carbocycles. The van der Waals surface area contributed by atoms with E-state index in [1.54, 1.807) is 7.11 Å². The minimum Gasteiger partial charge on any atom is -0.467 e. The van der Waals surface area contributed by atoms with Gasteiger partial charge in [-0.15, -0.1) is 0 Å². The van der Waals surface area contributed by atoms with E-state index >= 15 is 0 Å². The Bertz CT molecular complexity index is 241. The van der Waals surface area contributed by atoms with Gasteiger partial charge in [0, 0.05) is 13.7 Å². The van der Waals surface area contributed by atoms with Gasteiger partial charge < -0.3 is 14.2 Å². The molecule has 1 saturated heterocycles. The number of hydrogen-bond donors (Lipinski definition) is 0. The van der Waals surface area contributed by atoms with Crippen LogP contribution in [0.4, 0.5) is 0 Å². The second kappa shape index (κ2) is 4.49. The van der Waals surface area contributed by atoms with Gasteiger partial charge in [-0.05, 0) is 26.2 Å². The number of esters is 1. The molecule has 0 aromatic heterocycles. The fourth-order valence-electron chi connectivity index (χ4n) is 2.18. The van der Waals surface area contributed by atoms with Gasteiger partial charge in [-0.2, -0.15) is 0 Å². The van der Waals surface area contributed by atoms with E-state index in [1.807, 2.05) is 13.8 Å². The molecule has 1 fully saturated rings. The lowest BCUT2D eigenvalue weighted by molar-refractivity contribution is -0.147. The lowest BCUT2D eigenvalue weighted by Crippen LogP contribution is -2.33. The summed E-state index contributed by atoms with van der Waals surface area (Å²) in [7, 11) is 3.07. The first kappa shape index (κ1) is 12.5. The highest BCUT2D eigenvalue weighted by Crippen LogP contribution is 2.53. The van der Waals surface area contributed by atoms with Crippen molar-refractivity contribution in [2.45, 2.75) is 44.3 Å². The van der Waals surface area contributed by atoms with Crippen molar-refractivity contribution in [1.29, 1.82) is 0 Å². The molecular weight excluding hydrogens is 196 g/mol. The molecule has 4 nitrogen and oxygen atoms in total. The summed E-state index contributed by atoms with van der Waals surface area (Å²) >= 11 is 0. The maximum Gasteiger partial charge on any atom is 0.341 e. The Hall–Kier alpha value is -0.610. The molecule has 0 aromatic carbocycles. The zero-order valence-electron chi connectivity index (χ0n) is 9.96. The maximum atomic E-state index is 11.6. The molecule has 0 bridgehead atoms. The predicted octanol–water partition coefficient (Wildman–Crippen LogP) is 1.52. The van der Waals surface area contributed by atoms with E-state index in [1.165, 1.54) is 7.11 Å². The molecule has 1 rings (SSSR count). The highest BCUT2D eigenvalue weighted by atomic mass is 16.7. The van der Waals surface area contributed by atoms with Gasteiger partial charge in [0.1, 0.15) is 5.60 Å². The summed E-state index contributed by atoms with van der Waals surface area (Å²) in [4.78, 5) is 11.6. The fourth-order valence-corrected chi connectivity index (χ4v) is 2.18. The van der Waals surface area contributed by atoms with E-state index in [4.69, 9.17) is 14.2 Å². The van der Waals surface area contributed by atoms with Gasteiger partial charge in [0.05, 0.1) is 7.11 Å². The molecule has 88 valence electrons. The molecule has 0 amide bonds. The highest BCUT2D eigenvalue weighted by Gasteiger charge is 2.70. The van der Waals surface area contributed by atoms with Crippen molar-refractivity contribution in [3.05, 3.63) is 0 Å². The molecule has 15 heavy (non-hydrogen) atoms. The third-order valence-corrected chi connectivity index (χ3v) is 3.23. The summed E-state index contributed by atoms with van der Waals surface area (Å²) < 4.78 is 15.4. The Morgan fingerprint density at radius 1 is 1.40 bits per heavy atom. The molecule has 1 heterocycles. The SMILES string of the molecule is CCC1(C(=O)OC)OC1(C)CCCOC. The smallest absolute Gasteiger partial charge is 0.341 e. The van der Waals surface area contributed by atoms with Gasteiger partial charge in [0.25, 0.3) is 0 Å². The number of rotatable bonds is 6. The van der Waals surface area contributed by atoms with Crippen LogP contribution in [0, 0.1) is 0 Å². The average molecular weight is 216 g/mol. The first-order chi connectivity index (χ1) is 7.06. The first-order valence-corrected chi connectivity index (χ1v) is 5.34. The van der Waals surface area contributed by atoms with E-state index in [2.05, 4.69) is 0 Å². The Labute approximate surface area is 90.9 Å². The minimum atomic E-state index is -0.713. The van der Waals surface area contributed by atoms with Crippen molar-refractivity contribution < 1.29 is 19.0 Å². The largest absolute Gasteiger partial charge is 0.467 e. The Morgan fingerprint density at radius 2 is 2.07 bits per heavy atom. The zero-order valence-corrected chi connectivity index (χ0v) is 9.96. The molecule has 1 aliphatic heterocycles. The summed E-state index contributed by atoms with van der Waals surface area (Å²) in [6.07, 6.45) is 2.37. The van der Waals surface area contributed by atoms with Crippen molar-refractivity contribution in [3.8, 4) is 0 Å². The monoisotopic (exact) mass is 216 g/mol. The van der Waals surface area contributed by atoms with Crippen LogP contribution in [0.2, 0.25) is 0 Å². The molecule has 2 atom stereocenters. The quantitative estimate of drug-likeness (QED) is 0.384. The number of hydrogen-bond acceptors (Lipinski definition) is 4. The molecule has 0 N–H and O–H groups in total. The molecule has 0 spiro atoms. The van der Waals surface area contributed by atoms with Crippen LogP contribution in [0.1, 0.15) is 33.1 Å². The van der Waals surface area contributed by atoms with E-state index < -0.39 is 5.60 Å². The molecular formula is C11H20O4. The normalized spacial score (nSPS) is 33.9. The fraction of sp³-hybridized carbons (Fsp3) is 0.909. The molecule has 0 saturated carbocycles. The Morgan fingerprint density at radius 3 is 2.53 bits per heavy atom. The van der Waals surface area contributed by atoms with Crippen molar-refractivity contribution >= 4 is 5.97 Å². The third kappa shape index (κ3) is 2.01. The summed E-state index contributed by atoms with van der Waals surface area (Å²) in [5.74, 6) is -0.259. The first-order valence-electron chi connectivity index (χ1n) is 5.34. The zero-order chi connectivity index (χ0) is 11.5. The Kier molecular flexibility index (Phi) is 3.73. The molecule has 0 aromatic rings. The van der Waals surface area contributed by atoms with Gasteiger partial charge in [-0.3, -0.25) is 0 Å². The minimum absolute atomic E-state index is 0.259. The summed E-state index contributed by atoms with van der Waals surface area (Å²) in [6, 6.07) is 0. The molecule has 1 aliphatic rings. The summed E-state index contributed by atoms with van der Waals surface area (Å²) in [6.45, 7) is 4.60. The van der Waals surface area contributed by atoms with Crippen LogP contribution >= 0.6 is 0 Å². The van der Waals surface area contributed by atoms with E-state index in [0.29, 0.717) is 13.0 Å². The van der Waals surface area contributed by atoms with Crippen LogP contribution < -0.4 is 0 Å². The molecule has 2 unspecified atom stereocenters. The van der Waals surface area contributed by atoms with Crippen LogP contribution in [0.5, 0.6) is 0 Å². The number of epoxide rings is 1. The van der Waals surface area contributed by atoms with Crippen molar-refractivity contribution in [2.75, 3.05) is 20.8 Å². The lowest BCUT2D eigenvalue weighted by Gasteiger charge is -2.12.